The van der Waals surface area contributed by atoms with Crippen LogP contribution in [0.15, 0.2) is 27.6 Å². The fraction of sp³-hybridized carbons (Fsp3) is 0.429. The summed E-state index contributed by atoms with van der Waals surface area (Å²) in [6.45, 7) is 2.77. The summed E-state index contributed by atoms with van der Waals surface area (Å²) in [5, 5.41) is 0. The third kappa shape index (κ3) is 3.58. The molecule has 0 aromatic heterocycles. The van der Waals surface area contributed by atoms with Crippen molar-refractivity contribution in [3.8, 4) is 18.1 Å². The summed E-state index contributed by atoms with van der Waals surface area (Å²) in [6, 6.07) is 4.78. The minimum absolute atomic E-state index is 0.264. The summed E-state index contributed by atoms with van der Waals surface area (Å²) in [7, 11) is -1.94. The number of sulfonamides is 1. The van der Waals surface area contributed by atoms with E-state index >= 15 is 0 Å². The third-order valence-electron chi connectivity index (χ3n) is 3.41. The molecule has 1 aliphatic heterocycles. The van der Waals surface area contributed by atoms with E-state index < -0.39 is 10.0 Å². The molecule has 0 N–H and O–H groups in total. The van der Waals surface area contributed by atoms with Gasteiger partial charge in [0.15, 0.2) is 0 Å². The van der Waals surface area contributed by atoms with Gasteiger partial charge in [-0.1, -0.05) is 5.92 Å². The van der Waals surface area contributed by atoms with Crippen molar-refractivity contribution in [1.82, 2.24) is 9.21 Å². The molecule has 5 nitrogen and oxygen atoms in total. The first kappa shape index (κ1) is 16.3. The van der Waals surface area contributed by atoms with Crippen molar-refractivity contribution in [2.75, 3.05) is 39.8 Å². The molecule has 0 saturated carbocycles. The molecule has 1 saturated heterocycles. The number of piperazine rings is 1. The first-order valence-electron chi connectivity index (χ1n) is 6.48. The first-order valence-corrected chi connectivity index (χ1v) is 8.72. The van der Waals surface area contributed by atoms with Gasteiger partial charge in [-0.3, -0.25) is 4.90 Å². The van der Waals surface area contributed by atoms with Crippen LogP contribution < -0.4 is 4.74 Å². The summed E-state index contributed by atoms with van der Waals surface area (Å²) in [4.78, 5) is 2.33. The number of hydrogen-bond acceptors (Lipinski definition) is 4. The predicted molar refractivity (Wildman–Crippen MR) is 84.7 cm³/mol. The molecule has 21 heavy (non-hydrogen) atoms. The van der Waals surface area contributed by atoms with Crippen LogP contribution in [0.1, 0.15) is 0 Å². The van der Waals surface area contributed by atoms with Gasteiger partial charge in [-0.15, -0.1) is 6.42 Å². The average Bonchev–Trinajstić information content (AvgIpc) is 2.48. The Morgan fingerprint density at radius 1 is 1.33 bits per heavy atom. The number of benzene rings is 1. The number of rotatable bonds is 4. The Labute approximate surface area is 134 Å². The summed E-state index contributed by atoms with van der Waals surface area (Å²) in [5.41, 5.74) is 0. The van der Waals surface area contributed by atoms with E-state index in [0.29, 0.717) is 42.9 Å². The minimum atomic E-state index is -3.48. The van der Waals surface area contributed by atoms with Crippen molar-refractivity contribution < 1.29 is 13.2 Å². The molecule has 1 aromatic rings. The molecule has 7 heteroatoms. The van der Waals surface area contributed by atoms with Crippen LogP contribution in [0.3, 0.4) is 0 Å². The molecule has 2 rings (SSSR count). The second kappa shape index (κ2) is 6.79. The van der Waals surface area contributed by atoms with Crippen LogP contribution in [0.4, 0.5) is 0 Å². The van der Waals surface area contributed by atoms with Crippen LogP contribution in [0.2, 0.25) is 0 Å². The van der Waals surface area contributed by atoms with Crippen LogP contribution in [0, 0.1) is 12.3 Å². The highest BCUT2D eigenvalue weighted by Gasteiger charge is 2.28. The molecule has 1 aliphatic rings. The van der Waals surface area contributed by atoms with Gasteiger partial charge < -0.3 is 4.74 Å². The van der Waals surface area contributed by atoms with E-state index in [1.54, 1.807) is 25.3 Å². The maximum Gasteiger partial charge on any atom is 0.243 e. The predicted octanol–water partition coefficient (Wildman–Crippen LogP) is 1.40. The zero-order chi connectivity index (χ0) is 15.5. The number of terminal acetylenes is 1. The van der Waals surface area contributed by atoms with Crippen molar-refractivity contribution in [3.05, 3.63) is 22.7 Å². The van der Waals surface area contributed by atoms with Gasteiger partial charge in [-0.2, -0.15) is 4.31 Å². The van der Waals surface area contributed by atoms with E-state index in [-0.39, 0.29) is 4.90 Å². The van der Waals surface area contributed by atoms with Gasteiger partial charge in [0.1, 0.15) is 5.75 Å². The highest BCUT2D eigenvalue weighted by Crippen LogP contribution is 2.29. The lowest BCUT2D eigenvalue weighted by Gasteiger charge is -2.32. The Hall–Kier alpha value is -1.07. The van der Waals surface area contributed by atoms with Crippen LogP contribution in [0.25, 0.3) is 0 Å². The van der Waals surface area contributed by atoms with Crippen molar-refractivity contribution in [3.63, 3.8) is 0 Å². The number of halogens is 1. The van der Waals surface area contributed by atoms with E-state index in [1.807, 2.05) is 0 Å². The first-order chi connectivity index (χ1) is 9.98. The fourth-order valence-electron chi connectivity index (χ4n) is 2.21. The zero-order valence-corrected chi connectivity index (χ0v) is 14.2. The quantitative estimate of drug-likeness (QED) is 0.749. The van der Waals surface area contributed by atoms with E-state index in [1.165, 1.54) is 4.31 Å². The molecular weight excluding hydrogens is 356 g/mol. The highest BCUT2D eigenvalue weighted by atomic mass is 79.9. The largest absolute Gasteiger partial charge is 0.496 e. The monoisotopic (exact) mass is 372 g/mol. The molecule has 1 fully saturated rings. The van der Waals surface area contributed by atoms with E-state index in [4.69, 9.17) is 11.2 Å². The lowest BCUT2D eigenvalue weighted by atomic mass is 10.3. The van der Waals surface area contributed by atoms with Crippen LogP contribution in [-0.4, -0.2) is 57.5 Å². The number of ether oxygens (including phenoxy) is 1. The van der Waals surface area contributed by atoms with Gasteiger partial charge >= 0.3 is 0 Å². The molecule has 114 valence electrons. The van der Waals surface area contributed by atoms with Crippen molar-refractivity contribution >= 4 is 26.0 Å². The molecule has 0 radical (unpaired) electrons. The third-order valence-corrected chi connectivity index (χ3v) is 5.92. The van der Waals surface area contributed by atoms with Crippen molar-refractivity contribution in [2.45, 2.75) is 4.90 Å². The van der Waals surface area contributed by atoms with Crippen LogP contribution in [0.5, 0.6) is 5.75 Å². The summed E-state index contributed by atoms with van der Waals surface area (Å²) in [6.07, 6.45) is 5.27. The topological polar surface area (TPSA) is 49.9 Å². The number of hydrogen-bond donors (Lipinski definition) is 0. The number of methoxy groups -OCH3 is 1. The average molecular weight is 373 g/mol. The Morgan fingerprint density at radius 2 is 2.00 bits per heavy atom. The summed E-state index contributed by atoms with van der Waals surface area (Å²) < 4.78 is 32.5. The molecule has 0 amide bonds. The molecule has 1 aromatic carbocycles. The van der Waals surface area contributed by atoms with Gasteiger partial charge in [0.25, 0.3) is 0 Å². The van der Waals surface area contributed by atoms with Crippen LogP contribution >= 0.6 is 15.9 Å². The molecule has 0 unspecified atom stereocenters. The Bertz CT molecular complexity index is 647. The van der Waals surface area contributed by atoms with E-state index in [0.717, 1.165) is 0 Å². The Balaban J connectivity index is 2.16. The fourth-order valence-corrected chi connectivity index (χ4v) is 4.35. The Morgan fingerprint density at radius 3 is 2.52 bits per heavy atom. The van der Waals surface area contributed by atoms with Crippen LogP contribution in [-0.2, 0) is 10.0 Å². The van der Waals surface area contributed by atoms with Gasteiger partial charge in [0.05, 0.1) is 23.0 Å². The van der Waals surface area contributed by atoms with Gasteiger partial charge in [0.2, 0.25) is 10.0 Å². The molecule has 0 bridgehead atoms. The summed E-state index contributed by atoms with van der Waals surface area (Å²) in [5.74, 6) is 3.19. The molecule has 1 heterocycles. The van der Waals surface area contributed by atoms with E-state index in [9.17, 15) is 8.42 Å². The SMILES string of the molecule is C#CCN1CCN(S(=O)(=O)c2ccc(OC)c(Br)c2)CC1. The maximum absolute atomic E-state index is 12.6. The lowest BCUT2D eigenvalue weighted by molar-refractivity contribution is 0.207. The minimum Gasteiger partial charge on any atom is -0.496 e. The van der Waals surface area contributed by atoms with E-state index in [2.05, 4.69) is 26.8 Å². The van der Waals surface area contributed by atoms with Gasteiger partial charge in [-0.25, -0.2) is 8.42 Å². The normalized spacial score (nSPS) is 17.4. The van der Waals surface area contributed by atoms with Gasteiger partial charge in [-0.05, 0) is 34.1 Å². The van der Waals surface area contributed by atoms with Crippen molar-refractivity contribution in [1.29, 1.82) is 0 Å². The zero-order valence-electron chi connectivity index (χ0n) is 11.8. The summed E-state index contributed by atoms with van der Waals surface area (Å²) >= 11 is 3.32. The Kier molecular flexibility index (Phi) is 5.27. The standard InChI is InChI=1S/C14H17BrN2O3S/c1-3-6-16-7-9-17(10-8-16)21(18,19)12-4-5-14(20-2)13(15)11-12/h1,4-5,11H,6-10H2,2H3. The molecule has 0 atom stereocenters. The molecule has 0 aliphatic carbocycles. The van der Waals surface area contributed by atoms with Gasteiger partial charge in [0, 0.05) is 26.2 Å². The maximum atomic E-state index is 12.6. The van der Waals surface area contributed by atoms with Crippen molar-refractivity contribution in [2.24, 2.45) is 0 Å². The lowest BCUT2D eigenvalue weighted by Crippen LogP contribution is -2.48. The number of nitrogens with zero attached hydrogens (tertiary/aromatic N) is 2. The second-order valence-corrected chi connectivity index (χ2v) is 7.47. The second-order valence-electron chi connectivity index (χ2n) is 4.68. The molecule has 0 spiro atoms. The molecular formula is C14H17BrN2O3S. The highest BCUT2D eigenvalue weighted by molar-refractivity contribution is 9.10. The smallest absolute Gasteiger partial charge is 0.243 e.